The smallest absolute Gasteiger partial charge is 0.201 e. The predicted molar refractivity (Wildman–Crippen MR) is 155 cm³/mol. The summed E-state index contributed by atoms with van der Waals surface area (Å²) in [6.45, 7) is 0. The molecule has 1 aliphatic carbocycles. The van der Waals surface area contributed by atoms with E-state index in [1.165, 1.54) is 27.8 Å². The van der Waals surface area contributed by atoms with Crippen LogP contribution in [0.1, 0.15) is 22.3 Å². The van der Waals surface area contributed by atoms with Crippen LogP contribution in [0.15, 0.2) is 103 Å². The molecular weight excluding hydrogens is 456 g/mol. The summed E-state index contributed by atoms with van der Waals surface area (Å²) < 4.78 is 0. The van der Waals surface area contributed by atoms with Gasteiger partial charge in [0.05, 0.1) is 11.1 Å². The number of rotatable bonds is 4. The number of benzene rings is 5. The Morgan fingerprint density at radius 3 is 1.62 bits per heavy atom. The monoisotopic (exact) mass is 481 g/mol. The third-order valence-corrected chi connectivity index (χ3v) is 7.72. The Hall–Kier alpha value is -4.57. The lowest BCUT2D eigenvalue weighted by Crippen LogP contribution is -2.29. The van der Waals surface area contributed by atoms with E-state index < -0.39 is 11.2 Å². The molecule has 6 rings (SSSR count). The van der Waals surface area contributed by atoms with Crippen molar-refractivity contribution in [2.24, 2.45) is 0 Å². The van der Waals surface area contributed by atoms with Crippen LogP contribution in [0.5, 0.6) is 17.2 Å². The van der Waals surface area contributed by atoms with Gasteiger partial charge in [-0.05, 0) is 51.0 Å². The van der Waals surface area contributed by atoms with E-state index >= 15 is 0 Å². The van der Waals surface area contributed by atoms with Gasteiger partial charge in [0, 0.05) is 5.69 Å². The van der Waals surface area contributed by atoms with Crippen LogP contribution in [-0.4, -0.2) is 31.0 Å². The molecule has 4 N–H and O–H groups in total. The second-order valence-corrected chi connectivity index (χ2v) is 9.58. The first-order valence-electron chi connectivity index (χ1n) is 12.3. The minimum absolute atomic E-state index is 0.306. The van der Waals surface area contributed by atoms with Crippen LogP contribution in [-0.2, 0) is 5.41 Å². The topological polar surface area (TPSA) is 72.7 Å². The van der Waals surface area contributed by atoms with E-state index in [1.807, 2.05) is 18.2 Å². The van der Waals surface area contributed by atoms with Crippen molar-refractivity contribution in [3.05, 3.63) is 125 Å². The lowest BCUT2D eigenvalue weighted by molar-refractivity contribution is 0.371. The maximum Gasteiger partial charge on any atom is 0.201 e. The number of fused-ring (bicyclic) bond motifs is 3. The Morgan fingerprint density at radius 1 is 0.514 bits per heavy atom. The van der Waals surface area contributed by atoms with Gasteiger partial charge in [-0.25, -0.2) is 0 Å². The summed E-state index contributed by atoms with van der Waals surface area (Å²) >= 11 is 0. The average molecular weight is 481 g/mol. The first-order chi connectivity index (χ1) is 17.9. The molecule has 5 aromatic rings. The van der Waals surface area contributed by atoms with E-state index in [4.69, 9.17) is 0 Å². The molecule has 0 aromatic heterocycles. The molecule has 5 aromatic carbocycles. The molecule has 0 radical (unpaired) electrons. The Kier molecular flexibility index (Phi) is 5.27. The molecule has 0 fully saturated rings. The van der Waals surface area contributed by atoms with E-state index in [0.29, 0.717) is 16.6 Å². The van der Waals surface area contributed by atoms with Crippen molar-refractivity contribution in [2.45, 2.75) is 5.41 Å². The highest BCUT2D eigenvalue weighted by atomic mass is 16.3. The molecule has 0 unspecified atom stereocenters. The van der Waals surface area contributed by atoms with Crippen molar-refractivity contribution in [1.82, 2.24) is 0 Å². The van der Waals surface area contributed by atoms with E-state index in [0.717, 1.165) is 11.3 Å². The van der Waals surface area contributed by atoms with Crippen LogP contribution in [0.4, 0.5) is 11.4 Å². The predicted octanol–water partition coefficient (Wildman–Crippen LogP) is 3.43. The van der Waals surface area contributed by atoms with Crippen molar-refractivity contribution >= 4 is 38.0 Å². The summed E-state index contributed by atoms with van der Waals surface area (Å²) in [7, 11) is 3.50. The van der Waals surface area contributed by atoms with Crippen LogP contribution in [0.3, 0.4) is 0 Å². The SMILES string of the molecule is Bc1c(B)c(Nc2ccc(C3(c4ccccc4)c4ccccc4-c4ccccc43)cc2)c(O)c(O)c1O. The van der Waals surface area contributed by atoms with Crippen LogP contribution in [0.25, 0.3) is 11.1 Å². The number of hydrogen-bond acceptors (Lipinski definition) is 4. The van der Waals surface area contributed by atoms with Gasteiger partial charge in [-0.3, -0.25) is 0 Å². The summed E-state index contributed by atoms with van der Waals surface area (Å²) in [6.07, 6.45) is 0. The van der Waals surface area contributed by atoms with Crippen LogP contribution < -0.4 is 16.2 Å². The zero-order chi connectivity index (χ0) is 25.7. The Balaban J connectivity index is 1.52. The summed E-state index contributed by atoms with van der Waals surface area (Å²) in [5, 5.41) is 34.0. The number of phenols is 3. The second kappa shape index (κ2) is 8.52. The fourth-order valence-corrected chi connectivity index (χ4v) is 5.76. The number of phenolic OH excluding ortho intramolecular Hbond substituents is 3. The maximum atomic E-state index is 10.5. The molecule has 0 aliphatic heterocycles. The highest BCUT2D eigenvalue weighted by Crippen LogP contribution is 2.56. The molecule has 0 bridgehead atoms. The van der Waals surface area contributed by atoms with Gasteiger partial charge in [0.1, 0.15) is 15.7 Å². The summed E-state index contributed by atoms with van der Waals surface area (Å²) in [6, 6.07) is 36.0. The number of nitrogens with one attached hydrogen (secondary N) is 1. The average Bonchev–Trinajstić information content (AvgIpc) is 3.25. The summed E-state index contributed by atoms with van der Waals surface area (Å²) in [4.78, 5) is 0. The van der Waals surface area contributed by atoms with Crippen molar-refractivity contribution in [1.29, 1.82) is 0 Å². The first-order valence-corrected chi connectivity index (χ1v) is 12.3. The van der Waals surface area contributed by atoms with Crippen molar-refractivity contribution in [2.75, 3.05) is 5.32 Å². The molecule has 6 heteroatoms. The normalized spacial score (nSPS) is 13.1. The maximum absolute atomic E-state index is 10.5. The van der Waals surface area contributed by atoms with E-state index in [9.17, 15) is 15.3 Å². The van der Waals surface area contributed by atoms with Gasteiger partial charge < -0.3 is 20.6 Å². The molecule has 0 atom stereocenters. The Bertz CT molecular complexity index is 1580. The third-order valence-electron chi connectivity index (χ3n) is 7.72. The Labute approximate surface area is 217 Å². The summed E-state index contributed by atoms with van der Waals surface area (Å²) in [5.74, 6) is -1.20. The minimum atomic E-state index is -0.524. The molecule has 0 saturated carbocycles. The van der Waals surface area contributed by atoms with Gasteiger partial charge in [0.2, 0.25) is 5.75 Å². The van der Waals surface area contributed by atoms with Gasteiger partial charge in [-0.1, -0.05) is 96.5 Å². The van der Waals surface area contributed by atoms with E-state index in [-0.39, 0.29) is 11.5 Å². The van der Waals surface area contributed by atoms with Gasteiger partial charge >= 0.3 is 0 Å². The zero-order valence-electron chi connectivity index (χ0n) is 20.7. The van der Waals surface area contributed by atoms with E-state index in [1.54, 1.807) is 15.7 Å². The zero-order valence-corrected chi connectivity index (χ0v) is 20.7. The molecule has 4 nitrogen and oxygen atoms in total. The van der Waals surface area contributed by atoms with Crippen LogP contribution in [0, 0.1) is 0 Å². The van der Waals surface area contributed by atoms with Gasteiger partial charge in [-0.2, -0.15) is 0 Å². The molecule has 37 heavy (non-hydrogen) atoms. The van der Waals surface area contributed by atoms with Crippen molar-refractivity contribution < 1.29 is 15.3 Å². The molecule has 0 amide bonds. The fraction of sp³-hybridized carbons (Fsp3) is 0.0323. The van der Waals surface area contributed by atoms with Gasteiger partial charge in [-0.15, -0.1) is 0 Å². The van der Waals surface area contributed by atoms with Crippen LogP contribution in [0.2, 0.25) is 0 Å². The van der Waals surface area contributed by atoms with Crippen molar-refractivity contribution in [3.63, 3.8) is 0 Å². The van der Waals surface area contributed by atoms with Gasteiger partial charge in [0.15, 0.2) is 11.5 Å². The third kappa shape index (κ3) is 3.26. The van der Waals surface area contributed by atoms with Gasteiger partial charge in [0.25, 0.3) is 0 Å². The standard InChI is InChI=1S/C31H25B2NO3/c32-25-26(33)28(35)30(37)29(36)27(25)34-20-16-14-19(15-17-20)31(18-8-2-1-3-9-18)23-12-6-4-10-21(23)22-11-5-7-13-24(22)31/h1-17,34-37H,32-33H2. The molecule has 0 heterocycles. The largest absolute Gasteiger partial charge is 0.505 e. The second-order valence-electron chi connectivity index (χ2n) is 9.58. The lowest BCUT2D eigenvalue weighted by Gasteiger charge is -2.34. The number of anilines is 2. The van der Waals surface area contributed by atoms with Crippen LogP contribution >= 0.6 is 0 Å². The number of aromatic hydroxyl groups is 3. The summed E-state index contributed by atoms with van der Waals surface area (Å²) in [5.41, 5.74) is 9.12. The molecule has 1 aliphatic rings. The highest BCUT2D eigenvalue weighted by Gasteiger charge is 2.45. The quantitative estimate of drug-likeness (QED) is 0.177. The Morgan fingerprint density at radius 2 is 1.03 bits per heavy atom. The molecule has 178 valence electrons. The molecular formula is C31H25B2NO3. The highest BCUT2D eigenvalue weighted by molar-refractivity contribution is 6.52. The fourth-order valence-electron chi connectivity index (χ4n) is 5.76. The number of hydrogen-bond donors (Lipinski definition) is 4. The lowest BCUT2D eigenvalue weighted by atomic mass is 9.68. The first kappa shape index (κ1) is 22.9. The van der Waals surface area contributed by atoms with E-state index in [2.05, 4.69) is 90.2 Å². The minimum Gasteiger partial charge on any atom is -0.505 e. The molecule has 0 spiro atoms. The molecule has 0 saturated heterocycles. The van der Waals surface area contributed by atoms with Crippen molar-refractivity contribution in [3.8, 4) is 28.4 Å².